The first-order chi connectivity index (χ1) is 13.5. The second-order valence-electron chi connectivity index (χ2n) is 7.36. The molecule has 1 saturated heterocycles. The van der Waals surface area contributed by atoms with Gasteiger partial charge in [0.15, 0.2) is 0 Å². The topological polar surface area (TPSA) is 72.4 Å². The molecule has 0 N–H and O–H groups in total. The van der Waals surface area contributed by atoms with E-state index in [1.807, 2.05) is 38.1 Å². The van der Waals surface area contributed by atoms with Crippen LogP contribution in [0.5, 0.6) is 0 Å². The van der Waals surface area contributed by atoms with Crippen molar-refractivity contribution in [2.24, 2.45) is 0 Å². The Hall–Kier alpha value is -2.60. The first kappa shape index (κ1) is 18.7. The summed E-state index contributed by atoms with van der Waals surface area (Å²) in [6.07, 6.45) is 3.98. The van der Waals surface area contributed by atoms with Crippen molar-refractivity contribution < 1.29 is 13.7 Å². The van der Waals surface area contributed by atoms with Crippen LogP contribution >= 0.6 is 11.6 Å². The summed E-state index contributed by atoms with van der Waals surface area (Å²) in [5.74, 6) is 1.57. The van der Waals surface area contributed by atoms with Crippen LogP contribution in [-0.2, 0) is 6.42 Å². The van der Waals surface area contributed by atoms with Crippen molar-refractivity contribution in [3.05, 3.63) is 70.2 Å². The number of carbonyl (C=O) groups excluding carboxylic acids is 1. The summed E-state index contributed by atoms with van der Waals surface area (Å²) in [6, 6.07) is 9.19. The number of hydrogen-bond acceptors (Lipinski definition) is 5. The number of oxazole rings is 1. The zero-order chi connectivity index (χ0) is 19.7. The molecule has 0 spiro atoms. The van der Waals surface area contributed by atoms with Gasteiger partial charge in [0.1, 0.15) is 11.8 Å². The van der Waals surface area contributed by atoms with E-state index in [-0.39, 0.29) is 23.6 Å². The van der Waals surface area contributed by atoms with Gasteiger partial charge in [0.2, 0.25) is 11.7 Å². The predicted octanol–water partition coefficient (Wildman–Crippen LogP) is 5.01. The zero-order valence-electron chi connectivity index (χ0n) is 15.9. The van der Waals surface area contributed by atoms with Crippen LogP contribution in [0.3, 0.4) is 0 Å². The lowest BCUT2D eigenvalue weighted by Gasteiger charge is -2.20. The second kappa shape index (κ2) is 7.80. The number of hydrogen-bond donors (Lipinski definition) is 0. The zero-order valence-corrected chi connectivity index (χ0v) is 16.6. The maximum absolute atomic E-state index is 12.9. The Balaban J connectivity index is 1.51. The molecule has 1 atom stereocenters. The highest BCUT2D eigenvalue weighted by molar-refractivity contribution is 6.31. The van der Waals surface area contributed by atoms with Crippen LogP contribution in [0.1, 0.15) is 72.1 Å². The first-order valence-electron chi connectivity index (χ1n) is 9.48. The van der Waals surface area contributed by atoms with Crippen molar-refractivity contribution in [2.75, 3.05) is 6.54 Å². The number of halogens is 1. The lowest BCUT2D eigenvalue weighted by Crippen LogP contribution is -2.30. The standard InChI is InChI=1S/C21H22ClN3O3/c1-13(2)17-11-19(28-24-17)21(26)25-9-5-8-18(25)20-23-12-15(27-20)10-14-6-3-4-7-16(14)22/h3-4,6-7,11-13,18H,5,8-10H2,1-2H3. The summed E-state index contributed by atoms with van der Waals surface area (Å²) in [4.78, 5) is 19.1. The Kier molecular flexibility index (Phi) is 5.22. The number of benzene rings is 1. The van der Waals surface area contributed by atoms with Crippen molar-refractivity contribution in [1.29, 1.82) is 0 Å². The number of likely N-dealkylation sites (tertiary alicyclic amines) is 1. The lowest BCUT2D eigenvalue weighted by atomic mass is 10.1. The van der Waals surface area contributed by atoms with Gasteiger partial charge in [-0.1, -0.05) is 48.8 Å². The van der Waals surface area contributed by atoms with Gasteiger partial charge in [-0.05, 0) is 30.4 Å². The molecule has 146 valence electrons. The van der Waals surface area contributed by atoms with Crippen LogP contribution in [0, 0.1) is 0 Å². The first-order valence-corrected chi connectivity index (χ1v) is 9.86. The van der Waals surface area contributed by atoms with Gasteiger partial charge in [-0.2, -0.15) is 0 Å². The van der Waals surface area contributed by atoms with E-state index in [0.29, 0.717) is 23.9 Å². The van der Waals surface area contributed by atoms with Gasteiger partial charge < -0.3 is 13.8 Å². The van der Waals surface area contributed by atoms with E-state index in [0.717, 1.165) is 29.9 Å². The highest BCUT2D eigenvalue weighted by Crippen LogP contribution is 2.33. The van der Waals surface area contributed by atoms with E-state index in [1.54, 1.807) is 17.2 Å². The summed E-state index contributed by atoms with van der Waals surface area (Å²) in [6.45, 7) is 4.67. The smallest absolute Gasteiger partial charge is 0.293 e. The van der Waals surface area contributed by atoms with Crippen molar-refractivity contribution in [2.45, 2.75) is 45.1 Å². The van der Waals surface area contributed by atoms with Crippen LogP contribution in [-0.4, -0.2) is 27.5 Å². The SMILES string of the molecule is CC(C)c1cc(C(=O)N2CCCC2c2ncc(Cc3ccccc3Cl)o2)on1. The van der Waals surface area contributed by atoms with Crippen LogP contribution in [0.2, 0.25) is 5.02 Å². The van der Waals surface area contributed by atoms with E-state index < -0.39 is 0 Å². The molecule has 3 aromatic rings. The third kappa shape index (κ3) is 3.69. The Labute approximate surface area is 168 Å². The molecular weight excluding hydrogens is 378 g/mol. The molecule has 1 aliphatic rings. The number of amides is 1. The van der Waals surface area contributed by atoms with Gasteiger partial charge in [0.05, 0.1) is 11.9 Å². The monoisotopic (exact) mass is 399 g/mol. The van der Waals surface area contributed by atoms with Crippen LogP contribution in [0.4, 0.5) is 0 Å². The lowest BCUT2D eigenvalue weighted by molar-refractivity contribution is 0.0672. The number of aromatic nitrogens is 2. The Morgan fingerprint density at radius 2 is 2.18 bits per heavy atom. The fourth-order valence-corrected chi connectivity index (χ4v) is 3.66. The van der Waals surface area contributed by atoms with Gasteiger partial charge in [0, 0.05) is 24.1 Å². The van der Waals surface area contributed by atoms with Crippen LogP contribution < -0.4 is 0 Å². The Morgan fingerprint density at radius 3 is 2.93 bits per heavy atom. The molecule has 1 unspecified atom stereocenters. The van der Waals surface area contributed by atoms with Gasteiger partial charge in [-0.15, -0.1) is 0 Å². The van der Waals surface area contributed by atoms with Gasteiger partial charge in [-0.25, -0.2) is 4.98 Å². The van der Waals surface area contributed by atoms with Crippen molar-refractivity contribution in [3.63, 3.8) is 0 Å². The molecule has 2 aromatic heterocycles. The quantitative estimate of drug-likeness (QED) is 0.603. The summed E-state index contributed by atoms with van der Waals surface area (Å²) < 4.78 is 11.3. The molecule has 4 rings (SSSR count). The van der Waals surface area contributed by atoms with Crippen LogP contribution in [0.25, 0.3) is 0 Å². The molecule has 3 heterocycles. The molecule has 1 aromatic carbocycles. The molecule has 0 radical (unpaired) electrons. The van der Waals surface area contributed by atoms with E-state index in [2.05, 4.69) is 10.1 Å². The Bertz CT molecular complexity index is 979. The van der Waals surface area contributed by atoms with Gasteiger partial charge >= 0.3 is 0 Å². The maximum atomic E-state index is 12.9. The highest BCUT2D eigenvalue weighted by Gasteiger charge is 2.35. The molecular formula is C21H22ClN3O3. The molecule has 6 nitrogen and oxygen atoms in total. The van der Waals surface area contributed by atoms with Crippen molar-refractivity contribution in [1.82, 2.24) is 15.0 Å². The molecule has 28 heavy (non-hydrogen) atoms. The molecule has 0 bridgehead atoms. The van der Waals surface area contributed by atoms with E-state index in [9.17, 15) is 4.79 Å². The molecule has 0 aliphatic carbocycles. The number of nitrogens with zero attached hydrogens (tertiary/aromatic N) is 3. The molecule has 0 saturated carbocycles. The Morgan fingerprint density at radius 1 is 1.36 bits per heavy atom. The minimum Gasteiger partial charge on any atom is -0.443 e. The number of rotatable bonds is 5. The average Bonchev–Trinajstić information content (AvgIpc) is 3.43. The van der Waals surface area contributed by atoms with E-state index in [1.165, 1.54) is 0 Å². The molecule has 1 amide bonds. The van der Waals surface area contributed by atoms with Crippen LogP contribution in [0.15, 0.2) is 45.5 Å². The predicted molar refractivity (Wildman–Crippen MR) is 104 cm³/mol. The minimum atomic E-state index is -0.194. The molecule has 1 aliphatic heterocycles. The normalized spacial score (nSPS) is 16.9. The molecule has 7 heteroatoms. The van der Waals surface area contributed by atoms with E-state index >= 15 is 0 Å². The highest BCUT2D eigenvalue weighted by atomic mass is 35.5. The summed E-state index contributed by atoms with van der Waals surface area (Å²) >= 11 is 6.23. The average molecular weight is 400 g/mol. The fourth-order valence-electron chi connectivity index (χ4n) is 3.46. The molecule has 1 fully saturated rings. The third-order valence-corrected chi connectivity index (χ3v) is 5.39. The summed E-state index contributed by atoms with van der Waals surface area (Å²) in [5, 5.41) is 4.69. The van der Waals surface area contributed by atoms with Gasteiger partial charge in [-0.3, -0.25) is 4.79 Å². The van der Waals surface area contributed by atoms with E-state index in [4.69, 9.17) is 20.5 Å². The van der Waals surface area contributed by atoms with Crippen molar-refractivity contribution >= 4 is 17.5 Å². The van der Waals surface area contributed by atoms with Gasteiger partial charge in [0.25, 0.3) is 5.91 Å². The summed E-state index contributed by atoms with van der Waals surface area (Å²) in [5.41, 5.74) is 1.76. The maximum Gasteiger partial charge on any atom is 0.293 e. The minimum absolute atomic E-state index is 0.173. The van der Waals surface area contributed by atoms with Crippen molar-refractivity contribution in [3.8, 4) is 0 Å². The fraction of sp³-hybridized carbons (Fsp3) is 0.381. The largest absolute Gasteiger partial charge is 0.443 e. The summed E-state index contributed by atoms with van der Waals surface area (Å²) in [7, 11) is 0. The second-order valence-corrected chi connectivity index (χ2v) is 7.77. The third-order valence-electron chi connectivity index (χ3n) is 5.02. The number of carbonyl (C=O) groups is 1.